The number of nitrogens with one attached hydrogen (secondary N) is 1. The lowest BCUT2D eigenvalue weighted by atomic mass is 9.97. The van der Waals surface area contributed by atoms with Gasteiger partial charge in [0.05, 0.1) is 16.8 Å². The number of thiophene rings is 1. The molecule has 5 rings (SSSR count). The maximum Gasteiger partial charge on any atom is 0.267 e. The quantitative estimate of drug-likeness (QED) is 0.419. The Balaban J connectivity index is 1.57. The number of hydrogen-bond donors (Lipinski definition) is 1. The molecule has 1 amide bonds. The maximum atomic E-state index is 13.9. The Morgan fingerprint density at radius 1 is 1.19 bits per heavy atom. The predicted molar refractivity (Wildman–Crippen MR) is 132 cm³/mol. The van der Waals surface area contributed by atoms with Crippen LogP contribution in [0.3, 0.4) is 0 Å². The number of carbonyl (C=O) groups is 1. The average molecular weight is 468 g/mol. The largest absolute Gasteiger partial charge is 0.353 e. The second-order valence-corrected chi connectivity index (χ2v) is 11.1. The molecule has 7 heteroatoms. The SMILES string of the molecule is Cc1ccc(C)c(-n2c(SCC(=O)NC3CCCC3)nc3sc4c(c3c2=O)CCCC4)c1. The number of benzene rings is 1. The van der Waals surface area contributed by atoms with Crippen molar-refractivity contribution in [2.75, 3.05) is 5.75 Å². The van der Waals surface area contributed by atoms with Gasteiger partial charge in [-0.05, 0) is 75.1 Å². The molecule has 1 N–H and O–H groups in total. The van der Waals surface area contributed by atoms with Crippen LogP contribution in [0.25, 0.3) is 15.9 Å². The number of thioether (sulfide) groups is 1. The molecule has 0 saturated heterocycles. The molecule has 0 radical (unpaired) electrons. The number of aryl methyl sites for hydroxylation is 4. The smallest absolute Gasteiger partial charge is 0.267 e. The van der Waals surface area contributed by atoms with Crippen LogP contribution in [-0.4, -0.2) is 27.3 Å². The average Bonchev–Trinajstić information content (AvgIpc) is 3.41. The normalized spacial score (nSPS) is 16.4. The van der Waals surface area contributed by atoms with E-state index in [-0.39, 0.29) is 17.2 Å². The van der Waals surface area contributed by atoms with Gasteiger partial charge in [-0.2, -0.15) is 0 Å². The van der Waals surface area contributed by atoms with Crippen molar-refractivity contribution in [3.63, 3.8) is 0 Å². The Labute approximate surface area is 196 Å². The van der Waals surface area contributed by atoms with Crippen LogP contribution in [-0.2, 0) is 17.6 Å². The van der Waals surface area contributed by atoms with Crippen LogP contribution in [0.4, 0.5) is 0 Å². The van der Waals surface area contributed by atoms with Gasteiger partial charge in [-0.1, -0.05) is 36.7 Å². The first-order valence-corrected chi connectivity index (χ1v) is 13.4. The molecular weight excluding hydrogens is 438 g/mol. The Morgan fingerprint density at radius 3 is 2.78 bits per heavy atom. The highest BCUT2D eigenvalue weighted by atomic mass is 32.2. The van der Waals surface area contributed by atoms with Crippen molar-refractivity contribution in [2.45, 2.75) is 76.4 Å². The summed E-state index contributed by atoms with van der Waals surface area (Å²) < 4.78 is 1.75. The lowest BCUT2D eigenvalue weighted by Crippen LogP contribution is -2.34. The van der Waals surface area contributed by atoms with E-state index in [9.17, 15) is 9.59 Å². The van der Waals surface area contributed by atoms with Crippen molar-refractivity contribution in [3.05, 3.63) is 50.1 Å². The topological polar surface area (TPSA) is 64.0 Å². The number of aromatic nitrogens is 2. The molecule has 2 aromatic heterocycles. The minimum absolute atomic E-state index is 0.00167. The van der Waals surface area contributed by atoms with Crippen LogP contribution in [0.1, 0.15) is 60.1 Å². The van der Waals surface area contributed by atoms with Crippen molar-refractivity contribution in [1.82, 2.24) is 14.9 Å². The summed E-state index contributed by atoms with van der Waals surface area (Å²) in [6.45, 7) is 4.06. The second-order valence-electron chi connectivity index (χ2n) is 9.05. The lowest BCUT2D eigenvalue weighted by Gasteiger charge is -2.16. The Morgan fingerprint density at radius 2 is 1.97 bits per heavy atom. The van der Waals surface area contributed by atoms with Gasteiger partial charge >= 0.3 is 0 Å². The third kappa shape index (κ3) is 4.13. The standard InChI is InChI=1S/C25H29N3O2S2/c1-15-11-12-16(2)19(13-15)28-24(30)22-18-9-5-6-10-20(18)32-23(22)27-25(28)31-14-21(29)26-17-7-3-4-8-17/h11-13,17H,3-10,14H2,1-2H3,(H,26,29). The minimum Gasteiger partial charge on any atom is -0.353 e. The Bertz CT molecular complexity index is 1240. The van der Waals surface area contributed by atoms with Crippen molar-refractivity contribution in [3.8, 4) is 5.69 Å². The summed E-state index contributed by atoms with van der Waals surface area (Å²) in [5.74, 6) is 0.291. The van der Waals surface area contributed by atoms with Gasteiger partial charge < -0.3 is 5.32 Å². The number of nitrogens with zero attached hydrogens (tertiary/aromatic N) is 2. The number of rotatable bonds is 5. The van der Waals surface area contributed by atoms with E-state index in [4.69, 9.17) is 4.98 Å². The van der Waals surface area contributed by atoms with Crippen molar-refractivity contribution in [1.29, 1.82) is 0 Å². The fourth-order valence-electron chi connectivity index (χ4n) is 4.93. The van der Waals surface area contributed by atoms with Gasteiger partial charge in [0, 0.05) is 10.9 Å². The monoisotopic (exact) mass is 467 g/mol. The third-order valence-electron chi connectivity index (χ3n) is 6.62. The molecule has 32 heavy (non-hydrogen) atoms. The van der Waals surface area contributed by atoms with Crippen molar-refractivity contribution >= 4 is 39.2 Å². The van der Waals surface area contributed by atoms with Gasteiger partial charge in [0.1, 0.15) is 4.83 Å². The molecule has 0 atom stereocenters. The van der Waals surface area contributed by atoms with Crippen LogP contribution in [0.2, 0.25) is 0 Å². The molecular formula is C25H29N3O2S2. The summed E-state index contributed by atoms with van der Waals surface area (Å²) in [6, 6.07) is 6.45. The summed E-state index contributed by atoms with van der Waals surface area (Å²) in [5, 5.41) is 4.54. The Hall–Kier alpha value is -2.12. The van der Waals surface area contributed by atoms with Gasteiger partial charge in [0.15, 0.2) is 5.16 Å². The molecule has 2 heterocycles. The number of hydrogen-bond acceptors (Lipinski definition) is 5. The van der Waals surface area contributed by atoms with Crippen molar-refractivity contribution < 1.29 is 4.79 Å². The Kier molecular flexibility index (Phi) is 6.12. The van der Waals surface area contributed by atoms with E-state index < -0.39 is 0 Å². The van der Waals surface area contributed by atoms with Crippen LogP contribution >= 0.6 is 23.1 Å². The van der Waals surface area contributed by atoms with Gasteiger partial charge in [-0.15, -0.1) is 11.3 Å². The van der Waals surface area contributed by atoms with E-state index in [1.807, 2.05) is 26.0 Å². The minimum atomic E-state index is 0.00167. The van der Waals surface area contributed by atoms with E-state index >= 15 is 0 Å². The molecule has 5 nitrogen and oxygen atoms in total. The zero-order valence-corrected chi connectivity index (χ0v) is 20.3. The number of amides is 1. The second kappa shape index (κ2) is 9.02. The first-order valence-electron chi connectivity index (χ1n) is 11.6. The van der Waals surface area contributed by atoms with Gasteiger partial charge in [0.25, 0.3) is 5.56 Å². The molecule has 0 bridgehead atoms. The van der Waals surface area contributed by atoms with Gasteiger partial charge in [-0.25, -0.2) is 4.98 Å². The number of carbonyl (C=O) groups excluding carboxylic acids is 1. The van der Waals surface area contributed by atoms with Crippen molar-refractivity contribution in [2.24, 2.45) is 0 Å². The fraction of sp³-hybridized carbons (Fsp3) is 0.480. The molecule has 2 aliphatic rings. The first-order chi connectivity index (χ1) is 15.5. The molecule has 0 spiro atoms. The highest BCUT2D eigenvalue weighted by molar-refractivity contribution is 7.99. The summed E-state index contributed by atoms with van der Waals surface area (Å²) in [5.41, 5.74) is 4.18. The van der Waals surface area contributed by atoms with E-state index in [0.717, 1.165) is 59.1 Å². The molecule has 1 fully saturated rings. The zero-order chi connectivity index (χ0) is 22.2. The van der Waals surface area contributed by atoms with Crippen LogP contribution in [0, 0.1) is 13.8 Å². The molecule has 168 valence electrons. The lowest BCUT2D eigenvalue weighted by molar-refractivity contribution is -0.119. The van der Waals surface area contributed by atoms with Gasteiger partial charge in [-0.3, -0.25) is 14.2 Å². The molecule has 0 unspecified atom stereocenters. The highest BCUT2D eigenvalue weighted by Crippen LogP contribution is 2.35. The molecule has 0 aliphatic heterocycles. The van der Waals surface area contributed by atoms with Crippen LogP contribution in [0.5, 0.6) is 0 Å². The molecule has 1 aromatic carbocycles. The van der Waals surface area contributed by atoms with E-state index in [1.165, 1.54) is 41.5 Å². The molecule has 3 aromatic rings. The molecule has 2 aliphatic carbocycles. The maximum absolute atomic E-state index is 13.9. The van der Waals surface area contributed by atoms with E-state index in [1.54, 1.807) is 15.9 Å². The summed E-state index contributed by atoms with van der Waals surface area (Å²) in [4.78, 5) is 33.6. The summed E-state index contributed by atoms with van der Waals surface area (Å²) in [7, 11) is 0. The first kappa shape index (κ1) is 21.7. The highest BCUT2D eigenvalue weighted by Gasteiger charge is 2.24. The van der Waals surface area contributed by atoms with Gasteiger partial charge in [0.2, 0.25) is 5.91 Å². The van der Waals surface area contributed by atoms with E-state index in [0.29, 0.717) is 11.2 Å². The number of fused-ring (bicyclic) bond motifs is 3. The van der Waals surface area contributed by atoms with E-state index in [2.05, 4.69) is 11.4 Å². The predicted octanol–water partition coefficient (Wildman–Crippen LogP) is 5.09. The summed E-state index contributed by atoms with van der Waals surface area (Å²) >= 11 is 3.03. The molecule has 1 saturated carbocycles. The zero-order valence-electron chi connectivity index (χ0n) is 18.7. The fourth-order valence-corrected chi connectivity index (χ4v) is 7.04. The van der Waals surface area contributed by atoms with Crippen LogP contribution < -0.4 is 10.9 Å². The third-order valence-corrected chi connectivity index (χ3v) is 8.74. The summed E-state index contributed by atoms with van der Waals surface area (Å²) in [6.07, 6.45) is 8.79. The van der Waals surface area contributed by atoms with Crippen LogP contribution in [0.15, 0.2) is 28.2 Å².